The van der Waals surface area contributed by atoms with E-state index in [9.17, 15) is 0 Å². The highest BCUT2D eigenvalue weighted by Gasteiger charge is 2.13. The van der Waals surface area contributed by atoms with E-state index in [1.165, 1.54) is 0 Å². The van der Waals surface area contributed by atoms with Crippen LogP contribution < -0.4 is 5.73 Å². The van der Waals surface area contributed by atoms with Gasteiger partial charge in [0.15, 0.2) is 0 Å². The fraction of sp³-hybridized carbons (Fsp3) is 0.385. The summed E-state index contributed by atoms with van der Waals surface area (Å²) in [5.74, 6) is 0. The summed E-state index contributed by atoms with van der Waals surface area (Å²) in [5.41, 5.74) is 8.54. The smallest absolute Gasteiger partial charge is 0.113 e. The van der Waals surface area contributed by atoms with Crippen LogP contribution in [-0.2, 0) is 6.54 Å². The molecule has 0 aliphatic rings. The predicted molar refractivity (Wildman–Crippen MR) is 69.3 cm³/mol. The highest BCUT2D eigenvalue weighted by molar-refractivity contribution is 5.60. The van der Waals surface area contributed by atoms with E-state index in [0.717, 1.165) is 23.5 Å². The molecule has 2 N–H and O–H groups in total. The Morgan fingerprint density at radius 3 is 2.41 bits per heavy atom. The van der Waals surface area contributed by atoms with E-state index < -0.39 is 0 Å². The Morgan fingerprint density at radius 1 is 1.18 bits per heavy atom. The molecule has 0 atom stereocenters. The van der Waals surface area contributed by atoms with Crippen LogP contribution in [0.25, 0.3) is 11.3 Å². The van der Waals surface area contributed by atoms with Crippen LogP contribution in [-0.4, -0.2) is 15.0 Å². The van der Waals surface area contributed by atoms with Crippen molar-refractivity contribution < 1.29 is 0 Å². The SMILES string of the molecule is CC(C)(C)Cn1cc(-c2ccc(N)cc2)nn1. The molecular weight excluding hydrogens is 212 g/mol. The van der Waals surface area contributed by atoms with E-state index in [0.29, 0.717) is 0 Å². The first kappa shape index (κ1) is 11.6. The van der Waals surface area contributed by atoms with Gasteiger partial charge < -0.3 is 5.73 Å². The monoisotopic (exact) mass is 230 g/mol. The molecule has 0 fully saturated rings. The van der Waals surface area contributed by atoms with Crippen LogP contribution in [0.15, 0.2) is 30.5 Å². The summed E-state index contributed by atoms with van der Waals surface area (Å²) in [6.07, 6.45) is 1.97. The van der Waals surface area contributed by atoms with Crippen LogP contribution in [0.5, 0.6) is 0 Å². The van der Waals surface area contributed by atoms with Crippen molar-refractivity contribution in [3.8, 4) is 11.3 Å². The molecule has 0 unspecified atom stereocenters. The van der Waals surface area contributed by atoms with E-state index in [1.807, 2.05) is 35.1 Å². The zero-order valence-electron chi connectivity index (χ0n) is 10.5. The van der Waals surface area contributed by atoms with Gasteiger partial charge in [0.25, 0.3) is 0 Å². The summed E-state index contributed by atoms with van der Waals surface area (Å²) in [6, 6.07) is 7.66. The van der Waals surface area contributed by atoms with Crippen LogP contribution >= 0.6 is 0 Å². The summed E-state index contributed by atoms with van der Waals surface area (Å²) in [7, 11) is 0. The molecule has 2 aromatic rings. The standard InChI is InChI=1S/C13H18N4/c1-13(2,3)9-17-8-12(15-16-17)10-4-6-11(14)7-5-10/h4-8H,9,14H2,1-3H3. The van der Waals surface area contributed by atoms with Gasteiger partial charge in [-0.25, -0.2) is 0 Å². The van der Waals surface area contributed by atoms with Gasteiger partial charge in [0.05, 0.1) is 6.20 Å². The third-order valence-electron chi connectivity index (χ3n) is 2.38. The molecule has 17 heavy (non-hydrogen) atoms. The molecule has 0 amide bonds. The van der Waals surface area contributed by atoms with Gasteiger partial charge in [-0.05, 0) is 17.5 Å². The number of aromatic nitrogens is 3. The minimum atomic E-state index is 0.200. The van der Waals surface area contributed by atoms with Crippen molar-refractivity contribution >= 4 is 5.69 Å². The van der Waals surface area contributed by atoms with Crippen LogP contribution in [0.3, 0.4) is 0 Å². The van der Waals surface area contributed by atoms with Crippen molar-refractivity contribution in [2.24, 2.45) is 5.41 Å². The Balaban J connectivity index is 2.21. The zero-order chi connectivity index (χ0) is 12.5. The van der Waals surface area contributed by atoms with Gasteiger partial charge in [-0.15, -0.1) is 5.10 Å². The van der Waals surface area contributed by atoms with Gasteiger partial charge >= 0.3 is 0 Å². The molecule has 0 saturated heterocycles. The number of rotatable bonds is 2. The van der Waals surface area contributed by atoms with Crippen LogP contribution in [0.1, 0.15) is 20.8 Å². The quantitative estimate of drug-likeness (QED) is 0.807. The molecular formula is C13H18N4. The van der Waals surface area contributed by atoms with E-state index in [2.05, 4.69) is 31.1 Å². The summed E-state index contributed by atoms with van der Waals surface area (Å²) in [4.78, 5) is 0. The van der Waals surface area contributed by atoms with Crippen molar-refractivity contribution in [1.29, 1.82) is 0 Å². The topological polar surface area (TPSA) is 56.7 Å². The van der Waals surface area contributed by atoms with Gasteiger partial charge in [-0.3, -0.25) is 4.68 Å². The van der Waals surface area contributed by atoms with E-state index in [4.69, 9.17) is 5.73 Å². The number of hydrogen-bond donors (Lipinski definition) is 1. The average molecular weight is 230 g/mol. The number of anilines is 1. The first-order valence-electron chi connectivity index (χ1n) is 5.70. The Kier molecular flexibility index (Phi) is 2.88. The predicted octanol–water partition coefficient (Wildman–Crippen LogP) is 2.57. The molecule has 90 valence electrons. The number of hydrogen-bond acceptors (Lipinski definition) is 3. The Morgan fingerprint density at radius 2 is 1.82 bits per heavy atom. The van der Waals surface area contributed by atoms with Crippen LogP contribution in [0.2, 0.25) is 0 Å². The van der Waals surface area contributed by atoms with E-state index >= 15 is 0 Å². The van der Waals surface area contributed by atoms with Crippen molar-refractivity contribution in [2.75, 3.05) is 5.73 Å². The minimum Gasteiger partial charge on any atom is -0.399 e. The van der Waals surface area contributed by atoms with E-state index in [-0.39, 0.29) is 5.41 Å². The normalized spacial score (nSPS) is 11.7. The molecule has 1 aromatic carbocycles. The lowest BCUT2D eigenvalue weighted by Gasteiger charge is -2.16. The first-order chi connectivity index (χ1) is 7.94. The Bertz CT molecular complexity index is 491. The van der Waals surface area contributed by atoms with Gasteiger partial charge in [0, 0.05) is 17.8 Å². The molecule has 0 aliphatic carbocycles. The zero-order valence-corrected chi connectivity index (χ0v) is 10.5. The maximum absolute atomic E-state index is 5.65. The molecule has 1 heterocycles. The lowest BCUT2D eigenvalue weighted by atomic mass is 9.97. The summed E-state index contributed by atoms with van der Waals surface area (Å²) in [5, 5.41) is 8.31. The van der Waals surface area contributed by atoms with Gasteiger partial charge in [-0.1, -0.05) is 38.1 Å². The maximum atomic E-state index is 5.65. The number of nitrogens with two attached hydrogens (primary N) is 1. The molecule has 2 rings (SSSR count). The summed E-state index contributed by atoms with van der Waals surface area (Å²) < 4.78 is 1.88. The number of nitrogen functional groups attached to an aromatic ring is 1. The Labute approximate surface area is 101 Å². The molecule has 0 bridgehead atoms. The number of nitrogens with zero attached hydrogens (tertiary/aromatic N) is 3. The van der Waals surface area contributed by atoms with E-state index in [1.54, 1.807) is 0 Å². The van der Waals surface area contributed by atoms with Crippen molar-refractivity contribution in [3.05, 3.63) is 30.5 Å². The lowest BCUT2D eigenvalue weighted by Crippen LogP contribution is -2.15. The van der Waals surface area contributed by atoms with Crippen LogP contribution in [0, 0.1) is 5.41 Å². The lowest BCUT2D eigenvalue weighted by molar-refractivity contribution is 0.321. The number of benzene rings is 1. The molecule has 0 radical (unpaired) electrons. The van der Waals surface area contributed by atoms with Crippen LogP contribution in [0.4, 0.5) is 5.69 Å². The van der Waals surface area contributed by atoms with Gasteiger partial charge in [0.1, 0.15) is 5.69 Å². The molecule has 0 spiro atoms. The third kappa shape index (κ3) is 3.06. The maximum Gasteiger partial charge on any atom is 0.113 e. The summed E-state index contributed by atoms with van der Waals surface area (Å²) >= 11 is 0. The molecule has 0 aliphatic heterocycles. The highest BCUT2D eigenvalue weighted by atomic mass is 15.4. The minimum absolute atomic E-state index is 0.200. The molecule has 0 saturated carbocycles. The summed E-state index contributed by atoms with van der Waals surface area (Å²) in [6.45, 7) is 7.39. The highest BCUT2D eigenvalue weighted by Crippen LogP contribution is 2.20. The largest absolute Gasteiger partial charge is 0.399 e. The fourth-order valence-electron chi connectivity index (χ4n) is 1.65. The third-order valence-corrected chi connectivity index (χ3v) is 2.38. The molecule has 4 nitrogen and oxygen atoms in total. The van der Waals surface area contributed by atoms with Gasteiger partial charge in [0.2, 0.25) is 0 Å². The van der Waals surface area contributed by atoms with Gasteiger partial charge in [-0.2, -0.15) is 0 Å². The second kappa shape index (κ2) is 4.20. The van der Waals surface area contributed by atoms with Crippen molar-refractivity contribution in [1.82, 2.24) is 15.0 Å². The van der Waals surface area contributed by atoms with Crippen molar-refractivity contribution in [2.45, 2.75) is 27.3 Å². The first-order valence-corrected chi connectivity index (χ1v) is 5.70. The average Bonchev–Trinajstić information content (AvgIpc) is 2.64. The van der Waals surface area contributed by atoms with Crippen molar-refractivity contribution in [3.63, 3.8) is 0 Å². The molecule has 1 aromatic heterocycles. The molecule has 4 heteroatoms. The fourth-order valence-corrected chi connectivity index (χ4v) is 1.65. The second-order valence-corrected chi connectivity index (χ2v) is 5.48. The Hall–Kier alpha value is -1.84. The second-order valence-electron chi connectivity index (χ2n) is 5.48.